The molecule has 5 nitrogen and oxygen atoms in total. The van der Waals surface area contributed by atoms with Crippen LogP contribution in [-0.2, 0) is 0 Å². The smallest absolute Gasteiger partial charge is 0.253 e. The van der Waals surface area contributed by atoms with E-state index >= 15 is 0 Å². The summed E-state index contributed by atoms with van der Waals surface area (Å²) >= 11 is 1.21. The van der Waals surface area contributed by atoms with Crippen molar-refractivity contribution in [3.63, 3.8) is 0 Å². The van der Waals surface area contributed by atoms with Crippen LogP contribution in [0.15, 0.2) is 0 Å². The number of nitrogen functional groups attached to an aromatic ring is 1. The first kappa shape index (κ1) is 12.5. The van der Waals surface area contributed by atoms with Crippen LogP contribution < -0.4 is 16.4 Å². The fourth-order valence-electron chi connectivity index (χ4n) is 1.35. The summed E-state index contributed by atoms with van der Waals surface area (Å²) in [4.78, 5) is 25.0. The number of ketones is 1. The van der Waals surface area contributed by atoms with Crippen LogP contribution >= 0.6 is 11.3 Å². The maximum absolute atomic E-state index is 11.6. The zero-order valence-electron chi connectivity index (χ0n) is 9.53. The van der Waals surface area contributed by atoms with Crippen LogP contribution in [0.5, 0.6) is 0 Å². The van der Waals surface area contributed by atoms with Crippen molar-refractivity contribution in [1.29, 1.82) is 0 Å². The lowest BCUT2D eigenvalue weighted by Crippen LogP contribution is -2.17. The van der Waals surface area contributed by atoms with E-state index in [0.717, 1.165) is 0 Å². The largest absolute Gasteiger partial charge is 0.397 e. The number of primary amides is 1. The Balaban J connectivity index is 3.41. The molecule has 0 aromatic carbocycles. The summed E-state index contributed by atoms with van der Waals surface area (Å²) in [6.45, 7) is 1.75. The number of amides is 1. The summed E-state index contributed by atoms with van der Waals surface area (Å²) in [5.74, 6) is -0.675. The van der Waals surface area contributed by atoms with Gasteiger partial charge in [0.05, 0.1) is 16.1 Å². The molecule has 0 saturated heterocycles. The normalized spacial score (nSPS) is 10.2. The van der Waals surface area contributed by atoms with Gasteiger partial charge in [-0.25, -0.2) is 0 Å². The van der Waals surface area contributed by atoms with Crippen LogP contribution in [0.4, 0.5) is 10.7 Å². The van der Waals surface area contributed by atoms with Gasteiger partial charge in [0.25, 0.3) is 5.91 Å². The Kier molecular flexibility index (Phi) is 3.54. The van der Waals surface area contributed by atoms with Gasteiger partial charge in [0, 0.05) is 20.5 Å². The standard InChI is InChI=1S/C10H15N3O2S/c1-4-5(14)8-7(11)6(9(12)15)10(16-8)13(2)3/h4,11H2,1-3H3,(H2,12,15). The maximum Gasteiger partial charge on any atom is 0.253 e. The third-order valence-corrected chi connectivity index (χ3v) is 3.57. The average Bonchev–Trinajstić information content (AvgIpc) is 2.55. The number of Topliss-reactive ketones (excluding diaryl/α,β-unsaturated/α-hetero) is 1. The summed E-state index contributed by atoms with van der Waals surface area (Å²) < 4.78 is 0. The van der Waals surface area contributed by atoms with E-state index in [1.807, 2.05) is 0 Å². The van der Waals surface area contributed by atoms with Crippen molar-refractivity contribution >= 4 is 33.7 Å². The van der Waals surface area contributed by atoms with Crippen LogP contribution in [-0.4, -0.2) is 25.8 Å². The van der Waals surface area contributed by atoms with Gasteiger partial charge in [0.15, 0.2) is 5.78 Å². The molecule has 0 bridgehead atoms. The average molecular weight is 241 g/mol. The highest BCUT2D eigenvalue weighted by Crippen LogP contribution is 2.37. The first-order valence-electron chi connectivity index (χ1n) is 4.82. The summed E-state index contributed by atoms with van der Waals surface area (Å²) in [7, 11) is 3.55. The molecule has 0 fully saturated rings. The highest BCUT2D eigenvalue weighted by atomic mass is 32.1. The van der Waals surface area contributed by atoms with Crippen molar-refractivity contribution in [2.24, 2.45) is 5.73 Å². The Labute approximate surface area is 98.0 Å². The van der Waals surface area contributed by atoms with E-state index in [9.17, 15) is 9.59 Å². The topological polar surface area (TPSA) is 89.4 Å². The molecule has 0 spiro atoms. The number of rotatable bonds is 4. The minimum Gasteiger partial charge on any atom is -0.397 e. The second-order valence-corrected chi connectivity index (χ2v) is 4.56. The molecule has 1 rings (SSSR count). The lowest BCUT2D eigenvalue weighted by molar-refractivity contribution is 0.0991. The fourth-order valence-corrected chi connectivity index (χ4v) is 2.51. The van der Waals surface area contributed by atoms with Crippen molar-refractivity contribution < 1.29 is 9.59 Å². The van der Waals surface area contributed by atoms with Crippen LogP contribution in [0.25, 0.3) is 0 Å². The van der Waals surface area contributed by atoms with Crippen molar-refractivity contribution in [3.8, 4) is 0 Å². The van der Waals surface area contributed by atoms with E-state index in [2.05, 4.69) is 0 Å². The summed E-state index contributed by atoms with van der Waals surface area (Å²) in [5, 5.41) is 0.627. The third kappa shape index (κ3) is 2.01. The van der Waals surface area contributed by atoms with Crippen LogP contribution in [0.3, 0.4) is 0 Å². The Morgan fingerprint density at radius 2 is 1.94 bits per heavy atom. The highest BCUT2D eigenvalue weighted by Gasteiger charge is 2.24. The van der Waals surface area contributed by atoms with Gasteiger partial charge in [-0.15, -0.1) is 11.3 Å². The molecule has 0 unspecified atom stereocenters. The Bertz CT molecular complexity index is 438. The summed E-state index contributed by atoms with van der Waals surface area (Å²) in [6.07, 6.45) is 0.357. The molecule has 0 atom stereocenters. The van der Waals surface area contributed by atoms with Crippen molar-refractivity contribution in [1.82, 2.24) is 0 Å². The van der Waals surface area contributed by atoms with E-state index in [1.165, 1.54) is 11.3 Å². The van der Waals surface area contributed by atoms with Gasteiger partial charge < -0.3 is 16.4 Å². The highest BCUT2D eigenvalue weighted by molar-refractivity contribution is 7.19. The number of hydrogen-bond acceptors (Lipinski definition) is 5. The second kappa shape index (κ2) is 4.52. The fraction of sp³-hybridized carbons (Fsp3) is 0.400. The molecular weight excluding hydrogens is 226 g/mol. The number of thiophene rings is 1. The third-order valence-electron chi connectivity index (χ3n) is 2.15. The molecular formula is C10H15N3O2S. The first-order valence-corrected chi connectivity index (χ1v) is 5.64. The van der Waals surface area contributed by atoms with Gasteiger partial charge in [-0.3, -0.25) is 9.59 Å². The van der Waals surface area contributed by atoms with Crippen LogP contribution in [0.1, 0.15) is 33.4 Å². The van der Waals surface area contributed by atoms with Crippen molar-refractivity contribution in [3.05, 3.63) is 10.4 Å². The van der Waals surface area contributed by atoms with Gasteiger partial charge in [-0.1, -0.05) is 6.92 Å². The molecule has 1 heterocycles. The Hall–Kier alpha value is -1.56. The molecule has 0 radical (unpaired) electrons. The monoisotopic (exact) mass is 241 g/mol. The lowest BCUT2D eigenvalue weighted by Gasteiger charge is -2.10. The maximum atomic E-state index is 11.6. The van der Waals surface area contributed by atoms with Gasteiger partial charge in [0.2, 0.25) is 0 Å². The number of nitrogens with zero attached hydrogens (tertiary/aromatic N) is 1. The molecule has 16 heavy (non-hydrogen) atoms. The molecule has 88 valence electrons. The lowest BCUT2D eigenvalue weighted by atomic mass is 10.1. The van der Waals surface area contributed by atoms with E-state index in [-0.39, 0.29) is 17.0 Å². The number of nitrogens with two attached hydrogens (primary N) is 2. The Morgan fingerprint density at radius 1 is 1.38 bits per heavy atom. The molecule has 6 heteroatoms. The molecule has 1 aromatic heterocycles. The molecule has 0 aliphatic carbocycles. The van der Waals surface area contributed by atoms with E-state index in [1.54, 1.807) is 25.9 Å². The first-order chi connectivity index (χ1) is 7.40. The molecule has 0 aliphatic heterocycles. The van der Waals surface area contributed by atoms with Gasteiger partial charge >= 0.3 is 0 Å². The van der Waals surface area contributed by atoms with E-state index < -0.39 is 5.91 Å². The quantitative estimate of drug-likeness (QED) is 0.772. The minimum absolute atomic E-state index is 0.0712. The predicted octanol–water partition coefficient (Wildman–Crippen LogP) is 1.09. The molecule has 0 saturated carbocycles. The van der Waals surface area contributed by atoms with Gasteiger partial charge in [-0.2, -0.15) is 0 Å². The SMILES string of the molecule is CCC(=O)c1sc(N(C)C)c(C(N)=O)c1N. The minimum atomic E-state index is -0.604. The van der Waals surface area contributed by atoms with Crippen LogP contribution in [0.2, 0.25) is 0 Å². The molecule has 0 aliphatic rings. The van der Waals surface area contributed by atoms with Gasteiger partial charge in [-0.05, 0) is 0 Å². The molecule has 4 N–H and O–H groups in total. The zero-order chi connectivity index (χ0) is 12.5. The number of carbonyl (C=O) groups is 2. The summed E-state index contributed by atoms with van der Waals surface area (Å²) in [5.41, 5.74) is 11.5. The zero-order valence-corrected chi connectivity index (χ0v) is 10.4. The predicted molar refractivity (Wildman–Crippen MR) is 66.2 cm³/mol. The van der Waals surface area contributed by atoms with Crippen LogP contribution in [0, 0.1) is 0 Å². The second-order valence-electron chi connectivity index (χ2n) is 3.56. The summed E-state index contributed by atoms with van der Waals surface area (Å²) in [6, 6.07) is 0. The van der Waals surface area contributed by atoms with E-state index in [0.29, 0.717) is 16.3 Å². The van der Waals surface area contributed by atoms with Crippen molar-refractivity contribution in [2.45, 2.75) is 13.3 Å². The van der Waals surface area contributed by atoms with Gasteiger partial charge in [0.1, 0.15) is 5.00 Å². The molecule has 1 aromatic rings. The Morgan fingerprint density at radius 3 is 2.25 bits per heavy atom. The number of anilines is 2. The van der Waals surface area contributed by atoms with E-state index in [4.69, 9.17) is 11.5 Å². The number of hydrogen-bond donors (Lipinski definition) is 2. The number of carbonyl (C=O) groups excluding carboxylic acids is 2. The van der Waals surface area contributed by atoms with Crippen molar-refractivity contribution in [2.75, 3.05) is 24.7 Å². The molecule has 1 amide bonds.